The minimum atomic E-state index is -0.117. The van der Waals surface area contributed by atoms with Gasteiger partial charge in [0.25, 0.3) is 5.91 Å². The molecular formula is C15H24N4O. The number of rotatable bonds is 4. The van der Waals surface area contributed by atoms with Gasteiger partial charge in [-0.15, -0.1) is 0 Å². The molecule has 0 bridgehead atoms. The third kappa shape index (κ3) is 3.48. The fourth-order valence-corrected chi connectivity index (χ4v) is 2.71. The number of carbonyl (C=O) groups excluding carboxylic acids is 1. The molecule has 5 heteroatoms. The van der Waals surface area contributed by atoms with Crippen LogP contribution < -0.4 is 16.0 Å². The largest absolute Gasteiger partial charge is 0.372 e. The monoisotopic (exact) mass is 276 g/mol. The van der Waals surface area contributed by atoms with Gasteiger partial charge in [-0.25, -0.2) is 0 Å². The lowest BCUT2D eigenvalue weighted by atomic mass is 9.91. The molecule has 5 nitrogen and oxygen atoms in total. The molecule has 2 rings (SSSR count). The van der Waals surface area contributed by atoms with E-state index < -0.39 is 0 Å². The second kappa shape index (κ2) is 6.70. The van der Waals surface area contributed by atoms with Gasteiger partial charge in [-0.2, -0.15) is 0 Å². The molecule has 0 radical (unpaired) electrons. The van der Waals surface area contributed by atoms with Gasteiger partial charge in [0.15, 0.2) is 0 Å². The Hall–Kier alpha value is -1.62. The summed E-state index contributed by atoms with van der Waals surface area (Å²) >= 11 is 0. The fraction of sp³-hybridized carbons (Fsp3) is 0.600. The van der Waals surface area contributed by atoms with Gasteiger partial charge < -0.3 is 16.0 Å². The first-order valence-electron chi connectivity index (χ1n) is 7.34. The normalized spacial score (nSPS) is 22.4. The molecule has 3 N–H and O–H groups in total. The molecule has 0 aliphatic heterocycles. The first kappa shape index (κ1) is 14.8. The maximum atomic E-state index is 11.8. The molecule has 1 aliphatic rings. The first-order chi connectivity index (χ1) is 9.61. The minimum absolute atomic E-state index is 0.117. The molecule has 1 saturated carbocycles. The molecule has 1 fully saturated rings. The van der Waals surface area contributed by atoms with Crippen molar-refractivity contribution in [1.82, 2.24) is 10.3 Å². The van der Waals surface area contributed by atoms with Crippen LogP contribution in [-0.4, -0.2) is 36.6 Å². The third-order valence-corrected chi connectivity index (χ3v) is 4.01. The summed E-state index contributed by atoms with van der Waals surface area (Å²) < 4.78 is 0. The van der Waals surface area contributed by atoms with Gasteiger partial charge in [-0.3, -0.25) is 9.78 Å². The molecule has 20 heavy (non-hydrogen) atoms. The van der Waals surface area contributed by atoms with E-state index in [2.05, 4.69) is 22.2 Å². The van der Waals surface area contributed by atoms with Crippen molar-refractivity contribution in [3.05, 3.63) is 24.0 Å². The average molecular weight is 276 g/mol. The third-order valence-electron chi connectivity index (χ3n) is 4.01. The highest BCUT2D eigenvalue weighted by atomic mass is 16.1. The van der Waals surface area contributed by atoms with Gasteiger partial charge in [0.05, 0.1) is 0 Å². The Labute approximate surface area is 120 Å². The van der Waals surface area contributed by atoms with Gasteiger partial charge in [0.2, 0.25) is 0 Å². The Morgan fingerprint density at radius 1 is 1.45 bits per heavy atom. The number of aromatic nitrogens is 1. The van der Waals surface area contributed by atoms with E-state index in [0.29, 0.717) is 24.3 Å². The van der Waals surface area contributed by atoms with Gasteiger partial charge >= 0.3 is 0 Å². The molecule has 0 atom stereocenters. The Kier molecular flexibility index (Phi) is 4.95. The maximum Gasteiger partial charge on any atom is 0.269 e. The molecule has 1 amide bonds. The summed E-state index contributed by atoms with van der Waals surface area (Å²) in [4.78, 5) is 18.2. The maximum absolute atomic E-state index is 11.8. The van der Waals surface area contributed by atoms with Crippen LogP contribution in [0.2, 0.25) is 0 Å². The van der Waals surface area contributed by atoms with E-state index in [1.807, 2.05) is 19.1 Å². The van der Waals surface area contributed by atoms with E-state index in [1.54, 1.807) is 6.20 Å². The van der Waals surface area contributed by atoms with Gasteiger partial charge in [-0.1, -0.05) is 0 Å². The van der Waals surface area contributed by atoms with Crippen LogP contribution in [0.25, 0.3) is 0 Å². The molecule has 0 saturated heterocycles. The van der Waals surface area contributed by atoms with Crippen LogP contribution in [0.3, 0.4) is 0 Å². The molecule has 0 aromatic carbocycles. The van der Waals surface area contributed by atoms with Crippen LogP contribution in [-0.2, 0) is 0 Å². The van der Waals surface area contributed by atoms with Crippen LogP contribution in [0.15, 0.2) is 18.3 Å². The smallest absolute Gasteiger partial charge is 0.269 e. The van der Waals surface area contributed by atoms with E-state index in [0.717, 1.165) is 31.4 Å². The fourth-order valence-electron chi connectivity index (χ4n) is 2.71. The van der Waals surface area contributed by atoms with Crippen molar-refractivity contribution < 1.29 is 4.79 Å². The van der Waals surface area contributed by atoms with Gasteiger partial charge in [-0.05, 0) is 44.7 Å². The standard InChI is InChI=1S/C15H24N4O/c1-3-17-15(20)14-10-13(8-9-18-14)19(2)12-6-4-11(16)5-7-12/h8-12H,3-7,16H2,1-2H3,(H,17,20). The summed E-state index contributed by atoms with van der Waals surface area (Å²) in [5.74, 6) is -0.117. The Morgan fingerprint density at radius 2 is 2.15 bits per heavy atom. The molecule has 1 aromatic rings. The Morgan fingerprint density at radius 3 is 2.80 bits per heavy atom. The second-order valence-electron chi connectivity index (χ2n) is 5.44. The molecule has 1 heterocycles. The predicted molar refractivity (Wildman–Crippen MR) is 80.9 cm³/mol. The SMILES string of the molecule is CCNC(=O)c1cc(N(C)C2CCC(N)CC2)ccn1. The van der Waals surface area contributed by atoms with Crippen molar-refractivity contribution in [1.29, 1.82) is 0 Å². The Balaban J connectivity index is 2.08. The van der Waals surface area contributed by atoms with Crippen molar-refractivity contribution in [2.24, 2.45) is 5.73 Å². The summed E-state index contributed by atoms with van der Waals surface area (Å²) in [6.45, 7) is 2.51. The number of nitrogens with zero attached hydrogens (tertiary/aromatic N) is 2. The number of anilines is 1. The van der Waals surface area contributed by atoms with Crippen molar-refractivity contribution in [3.63, 3.8) is 0 Å². The molecule has 110 valence electrons. The summed E-state index contributed by atoms with van der Waals surface area (Å²) in [6, 6.07) is 4.67. The van der Waals surface area contributed by atoms with E-state index in [1.165, 1.54) is 0 Å². The van der Waals surface area contributed by atoms with Crippen LogP contribution in [0.5, 0.6) is 0 Å². The van der Waals surface area contributed by atoms with Crippen molar-refractivity contribution in [2.75, 3.05) is 18.5 Å². The van der Waals surface area contributed by atoms with E-state index in [4.69, 9.17) is 5.73 Å². The lowest BCUT2D eigenvalue weighted by Gasteiger charge is -2.35. The van der Waals surface area contributed by atoms with Crippen molar-refractivity contribution in [2.45, 2.75) is 44.7 Å². The highest BCUT2D eigenvalue weighted by Crippen LogP contribution is 2.25. The number of hydrogen-bond acceptors (Lipinski definition) is 4. The predicted octanol–water partition coefficient (Wildman–Crippen LogP) is 1.54. The van der Waals surface area contributed by atoms with Crippen LogP contribution in [0.1, 0.15) is 43.1 Å². The van der Waals surface area contributed by atoms with Crippen molar-refractivity contribution in [3.8, 4) is 0 Å². The zero-order valence-electron chi connectivity index (χ0n) is 12.3. The van der Waals surface area contributed by atoms with Crippen molar-refractivity contribution >= 4 is 11.6 Å². The molecule has 1 aliphatic carbocycles. The van der Waals surface area contributed by atoms with E-state index >= 15 is 0 Å². The summed E-state index contributed by atoms with van der Waals surface area (Å²) in [7, 11) is 2.08. The van der Waals surface area contributed by atoms with E-state index in [9.17, 15) is 4.79 Å². The average Bonchev–Trinajstić information content (AvgIpc) is 2.48. The van der Waals surface area contributed by atoms with Crippen LogP contribution in [0, 0.1) is 0 Å². The van der Waals surface area contributed by atoms with Gasteiger partial charge in [0, 0.05) is 37.6 Å². The summed E-state index contributed by atoms with van der Waals surface area (Å²) in [6.07, 6.45) is 6.06. The summed E-state index contributed by atoms with van der Waals surface area (Å²) in [5, 5.41) is 2.78. The first-order valence-corrected chi connectivity index (χ1v) is 7.34. The van der Waals surface area contributed by atoms with Crippen LogP contribution >= 0.6 is 0 Å². The molecule has 1 aromatic heterocycles. The zero-order valence-corrected chi connectivity index (χ0v) is 12.3. The number of hydrogen-bond donors (Lipinski definition) is 2. The number of nitrogens with two attached hydrogens (primary N) is 1. The number of carbonyl (C=O) groups is 1. The second-order valence-corrected chi connectivity index (χ2v) is 5.44. The zero-order chi connectivity index (χ0) is 14.5. The lowest BCUT2D eigenvalue weighted by Crippen LogP contribution is -2.38. The topological polar surface area (TPSA) is 71.2 Å². The summed E-state index contributed by atoms with van der Waals surface area (Å²) in [5.41, 5.74) is 7.47. The highest BCUT2D eigenvalue weighted by molar-refractivity contribution is 5.93. The minimum Gasteiger partial charge on any atom is -0.372 e. The quantitative estimate of drug-likeness (QED) is 0.875. The molecule has 0 spiro atoms. The van der Waals surface area contributed by atoms with E-state index in [-0.39, 0.29) is 5.91 Å². The number of pyridine rings is 1. The molecule has 0 unspecified atom stereocenters. The highest BCUT2D eigenvalue weighted by Gasteiger charge is 2.22. The lowest BCUT2D eigenvalue weighted by molar-refractivity contribution is 0.0951. The number of amides is 1. The number of nitrogens with one attached hydrogen (secondary N) is 1. The van der Waals surface area contributed by atoms with Crippen LogP contribution in [0.4, 0.5) is 5.69 Å². The van der Waals surface area contributed by atoms with Gasteiger partial charge in [0.1, 0.15) is 5.69 Å². The Bertz CT molecular complexity index is 455. The molecular weight excluding hydrogens is 252 g/mol.